The predicted octanol–water partition coefficient (Wildman–Crippen LogP) is 4.93. The summed E-state index contributed by atoms with van der Waals surface area (Å²) < 4.78 is 53.3. The highest BCUT2D eigenvalue weighted by atomic mass is 19.4. The Morgan fingerprint density at radius 3 is 2.50 bits per heavy atom. The van der Waals surface area contributed by atoms with E-state index in [2.05, 4.69) is 15.4 Å². The van der Waals surface area contributed by atoms with E-state index < -0.39 is 18.3 Å². The fourth-order valence-corrected chi connectivity index (χ4v) is 3.71. The third-order valence-corrected chi connectivity index (χ3v) is 5.19. The summed E-state index contributed by atoms with van der Waals surface area (Å²) in [5, 5.41) is 7.46. The molecule has 1 aliphatic rings. The first-order chi connectivity index (χ1) is 14.3. The van der Waals surface area contributed by atoms with Gasteiger partial charge in [-0.3, -0.25) is 4.98 Å². The number of halogens is 3. The largest absolute Gasteiger partial charge is 0.493 e. The number of ether oxygens (including phenoxy) is 2. The number of nitrogens with one attached hydrogen (secondary N) is 1. The Bertz CT molecular complexity index is 1060. The van der Waals surface area contributed by atoms with E-state index in [9.17, 15) is 13.2 Å². The molecule has 158 valence electrons. The lowest BCUT2D eigenvalue weighted by Crippen LogP contribution is -2.35. The highest BCUT2D eigenvalue weighted by molar-refractivity contribution is 5.64. The number of methoxy groups -OCH3 is 2. The van der Waals surface area contributed by atoms with Crippen molar-refractivity contribution in [3.8, 4) is 22.8 Å². The molecule has 2 aromatic heterocycles. The molecule has 0 amide bonds. The highest BCUT2D eigenvalue weighted by Gasteiger charge is 2.46. The van der Waals surface area contributed by atoms with Gasteiger partial charge in [0, 0.05) is 29.9 Å². The zero-order chi connectivity index (χ0) is 21.5. The van der Waals surface area contributed by atoms with Crippen LogP contribution in [0.1, 0.15) is 29.8 Å². The van der Waals surface area contributed by atoms with Crippen LogP contribution < -0.4 is 14.8 Å². The minimum atomic E-state index is -4.44. The van der Waals surface area contributed by atoms with E-state index in [1.165, 1.54) is 14.2 Å². The molecule has 0 unspecified atom stereocenters. The molecule has 0 spiro atoms. The van der Waals surface area contributed by atoms with E-state index in [1.807, 2.05) is 6.92 Å². The predicted molar refractivity (Wildman–Crippen MR) is 106 cm³/mol. The molecule has 2 atom stereocenters. The maximum atomic E-state index is 13.9. The minimum absolute atomic E-state index is 0.192. The molecule has 6 nitrogen and oxygen atoms in total. The maximum absolute atomic E-state index is 13.9. The second-order valence-corrected chi connectivity index (χ2v) is 7.15. The minimum Gasteiger partial charge on any atom is -0.493 e. The fourth-order valence-electron chi connectivity index (χ4n) is 3.71. The van der Waals surface area contributed by atoms with Crippen molar-refractivity contribution in [2.45, 2.75) is 31.6 Å². The number of fused-ring (bicyclic) bond motifs is 1. The quantitative estimate of drug-likeness (QED) is 0.651. The zero-order valence-electron chi connectivity index (χ0n) is 16.7. The van der Waals surface area contributed by atoms with Crippen LogP contribution in [0, 0.1) is 6.92 Å². The van der Waals surface area contributed by atoms with Crippen LogP contribution in [0.2, 0.25) is 0 Å². The van der Waals surface area contributed by atoms with Crippen LogP contribution in [0.5, 0.6) is 11.5 Å². The molecule has 0 radical (unpaired) electrons. The van der Waals surface area contributed by atoms with Gasteiger partial charge < -0.3 is 14.8 Å². The lowest BCUT2D eigenvalue weighted by molar-refractivity contribution is -0.173. The van der Waals surface area contributed by atoms with Crippen molar-refractivity contribution in [2.75, 3.05) is 19.5 Å². The average Bonchev–Trinajstić information content (AvgIpc) is 3.16. The van der Waals surface area contributed by atoms with Crippen molar-refractivity contribution < 1.29 is 22.6 Å². The second kappa shape index (κ2) is 7.55. The van der Waals surface area contributed by atoms with Crippen molar-refractivity contribution in [3.05, 3.63) is 53.9 Å². The summed E-state index contributed by atoms with van der Waals surface area (Å²) in [6.45, 7) is 1.82. The van der Waals surface area contributed by atoms with E-state index in [-0.39, 0.29) is 6.42 Å². The Kier molecular flexibility index (Phi) is 5.05. The summed E-state index contributed by atoms with van der Waals surface area (Å²) in [5.41, 5.74) is 2.62. The van der Waals surface area contributed by atoms with Crippen molar-refractivity contribution in [3.63, 3.8) is 0 Å². The molecule has 1 aliphatic heterocycles. The Morgan fingerprint density at radius 2 is 1.83 bits per heavy atom. The van der Waals surface area contributed by atoms with Crippen LogP contribution >= 0.6 is 0 Å². The Morgan fingerprint density at radius 1 is 1.07 bits per heavy atom. The molecule has 30 heavy (non-hydrogen) atoms. The standard InChI is InChI=1S/C21H21F3N4O2/c1-12-8-14(6-7-25-12)16-11-20-26-15(10-19(21(22,23)24)28(20)27-16)13-4-5-17(29-2)18(9-13)30-3/h4-9,11,15,19,26H,10H2,1-3H3/t15-,19+/m1/s1. The summed E-state index contributed by atoms with van der Waals surface area (Å²) in [5.74, 6) is 1.30. The molecule has 9 heteroatoms. The number of anilines is 1. The van der Waals surface area contributed by atoms with E-state index in [1.54, 1.807) is 42.6 Å². The molecule has 0 aliphatic carbocycles. The molecule has 3 aromatic rings. The summed E-state index contributed by atoms with van der Waals surface area (Å²) in [6.07, 6.45) is -3.02. The van der Waals surface area contributed by atoms with Crippen LogP contribution in [0.15, 0.2) is 42.6 Å². The number of pyridine rings is 1. The van der Waals surface area contributed by atoms with Gasteiger partial charge in [-0.2, -0.15) is 18.3 Å². The van der Waals surface area contributed by atoms with E-state index in [4.69, 9.17) is 9.47 Å². The maximum Gasteiger partial charge on any atom is 0.410 e. The third-order valence-electron chi connectivity index (χ3n) is 5.19. The normalized spacial score (nSPS) is 18.5. The van der Waals surface area contributed by atoms with Crippen LogP contribution in [0.3, 0.4) is 0 Å². The fraction of sp³-hybridized carbons (Fsp3) is 0.333. The van der Waals surface area contributed by atoms with E-state index in [0.29, 0.717) is 28.6 Å². The van der Waals surface area contributed by atoms with Crippen LogP contribution in [0.4, 0.5) is 19.0 Å². The summed E-state index contributed by atoms with van der Waals surface area (Å²) >= 11 is 0. The lowest BCUT2D eigenvalue weighted by Gasteiger charge is -2.33. The van der Waals surface area contributed by atoms with Gasteiger partial charge in [0.2, 0.25) is 0 Å². The number of aromatic nitrogens is 3. The zero-order valence-corrected chi connectivity index (χ0v) is 16.7. The number of hydrogen-bond donors (Lipinski definition) is 1. The van der Waals surface area contributed by atoms with Crippen molar-refractivity contribution in [1.29, 1.82) is 0 Å². The van der Waals surface area contributed by atoms with Crippen LogP contribution in [-0.2, 0) is 0 Å². The van der Waals surface area contributed by atoms with Gasteiger partial charge in [0.1, 0.15) is 5.82 Å². The highest BCUT2D eigenvalue weighted by Crippen LogP contribution is 2.45. The molecule has 0 bridgehead atoms. The molecular formula is C21H21F3N4O2. The first-order valence-corrected chi connectivity index (χ1v) is 9.38. The SMILES string of the molecule is COc1ccc([C@H]2C[C@@H](C(F)(F)F)n3nc(-c4ccnc(C)c4)cc3N2)cc1OC. The Balaban J connectivity index is 1.74. The van der Waals surface area contributed by atoms with Gasteiger partial charge in [-0.15, -0.1) is 0 Å². The van der Waals surface area contributed by atoms with Gasteiger partial charge in [-0.25, -0.2) is 4.68 Å². The van der Waals surface area contributed by atoms with Gasteiger partial charge in [0.05, 0.1) is 26.0 Å². The van der Waals surface area contributed by atoms with E-state index >= 15 is 0 Å². The number of aryl methyl sites for hydroxylation is 1. The Hall–Kier alpha value is -3.23. The number of alkyl halides is 3. The first-order valence-electron chi connectivity index (χ1n) is 9.38. The van der Waals surface area contributed by atoms with Gasteiger partial charge >= 0.3 is 6.18 Å². The number of hydrogen-bond acceptors (Lipinski definition) is 5. The van der Waals surface area contributed by atoms with Crippen molar-refractivity contribution in [1.82, 2.24) is 14.8 Å². The van der Waals surface area contributed by atoms with Crippen molar-refractivity contribution >= 4 is 5.82 Å². The summed E-state index contributed by atoms with van der Waals surface area (Å²) in [4.78, 5) is 4.13. The van der Waals surface area contributed by atoms with E-state index in [0.717, 1.165) is 15.9 Å². The molecule has 0 fully saturated rings. The first kappa shape index (κ1) is 20.1. The smallest absolute Gasteiger partial charge is 0.410 e. The number of rotatable bonds is 4. The molecule has 0 saturated carbocycles. The summed E-state index contributed by atoms with van der Waals surface area (Å²) in [7, 11) is 3.00. The van der Waals surface area contributed by atoms with Gasteiger partial charge in [-0.1, -0.05) is 6.07 Å². The topological polar surface area (TPSA) is 61.2 Å². The van der Waals surface area contributed by atoms with Gasteiger partial charge in [0.25, 0.3) is 0 Å². The molecule has 0 saturated heterocycles. The third kappa shape index (κ3) is 3.67. The molecular weight excluding hydrogens is 397 g/mol. The Labute approximate surface area is 171 Å². The van der Waals surface area contributed by atoms with Gasteiger partial charge in [-0.05, 0) is 36.8 Å². The average molecular weight is 418 g/mol. The van der Waals surface area contributed by atoms with Gasteiger partial charge in [0.15, 0.2) is 17.5 Å². The summed E-state index contributed by atoms with van der Waals surface area (Å²) in [6, 6.07) is 7.99. The van der Waals surface area contributed by atoms with Crippen molar-refractivity contribution in [2.24, 2.45) is 0 Å². The molecule has 1 N–H and O–H groups in total. The molecule has 4 rings (SSSR count). The van der Waals surface area contributed by atoms with Crippen LogP contribution in [0.25, 0.3) is 11.3 Å². The number of benzene rings is 1. The monoisotopic (exact) mass is 418 g/mol. The van der Waals surface area contributed by atoms with Crippen LogP contribution in [-0.4, -0.2) is 35.2 Å². The molecule has 1 aromatic carbocycles. The molecule has 3 heterocycles. The second-order valence-electron chi connectivity index (χ2n) is 7.15. The number of nitrogens with zero attached hydrogens (tertiary/aromatic N) is 3. The lowest BCUT2D eigenvalue weighted by atomic mass is 9.96.